The summed E-state index contributed by atoms with van der Waals surface area (Å²) in [7, 11) is 0. The minimum Gasteiger partial charge on any atom is -0.354 e. The fraction of sp³-hybridized carbons (Fsp3) is 0.333. The van der Waals surface area contributed by atoms with Crippen molar-refractivity contribution < 1.29 is 9.59 Å². The van der Waals surface area contributed by atoms with Crippen molar-refractivity contribution in [2.24, 2.45) is 5.92 Å². The van der Waals surface area contributed by atoms with Gasteiger partial charge in [0, 0.05) is 12.2 Å². The Bertz CT molecular complexity index is 1390. The maximum absolute atomic E-state index is 14.1. The largest absolute Gasteiger partial charge is 0.354 e. The van der Waals surface area contributed by atoms with Crippen LogP contribution < -0.4 is 10.2 Å². The average Bonchev–Trinajstić information content (AvgIpc) is 3.27. The Balaban J connectivity index is 1.80. The second kappa shape index (κ2) is 11.4. The molecule has 1 heterocycles. The SMILES string of the molecule is Cc1ccc([C@H](C(=O)NCCC(C)C)N(C(=O)Cn2nnc3ccccc32)c2cc(C)ccc2C)cc1. The van der Waals surface area contributed by atoms with E-state index in [0.717, 1.165) is 39.7 Å². The van der Waals surface area contributed by atoms with Gasteiger partial charge >= 0.3 is 0 Å². The van der Waals surface area contributed by atoms with E-state index in [-0.39, 0.29) is 18.4 Å². The van der Waals surface area contributed by atoms with Gasteiger partial charge in [0.2, 0.25) is 11.8 Å². The molecule has 0 bridgehead atoms. The second-order valence-electron chi connectivity index (χ2n) is 10.1. The Morgan fingerprint density at radius 1 is 0.946 bits per heavy atom. The first-order chi connectivity index (χ1) is 17.7. The molecule has 1 N–H and O–H groups in total. The van der Waals surface area contributed by atoms with E-state index in [1.165, 1.54) is 0 Å². The molecule has 0 aliphatic carbocycles. The fourth-order valence-corrected chi connectivity index (χ4v) is 4.38. The van der Waals surface area contributed by atoms with Gasteiger partial charge in [0.1, 0.15) is 18.1 Å². The lowest BCUT2D eigenvalue weighted by Crippen LogP contribution is -2.46. The lowest BCUT2D eigenvalue weighted by Gasteiger charge is -2.33. The van der Waals surface area contributed by atoms with Gasteiger partial charge in [0.25, 0.3) is 0 Å². The molecule has 7 heteroatoms. The van der Waals surface area contributed by atoms with Crippen molar-refractivity contribution in [2.75, 3.05) is 11.4 Å². The first kappa shape index (κ1) is 26.1. The molecule has 1 atom stereocenters. The average molecular weight is 498 g/mol. The fourth-order valence-electron chi connectivity index (χ4n) is 4.38. The van der Waals surface area contributed by atoms with Crippen LogP contribution in [0.3, 0.4) is 0 Å². The van der Waals surface area contributed by atoms with E-state index in [4.69, 9.17) is 0 Å². The lowest BCUT2D eigenvalue weighted by molar-refractivity contribution is -0.127. The molecule has 3 aromatic carbocycles. The zero-order chi connectivity index (χ0) is 26.5. The van der Waals surface area contributed by atoms with Crippen molar-refractivity contribution in [3.05, 3.63) is 89.0 Å². The third-order valence-electron chi connectivity index (χ3n) is 6.52. The number of anilines is 1. The number of carbonyl (C=O) groups excluding carboxylic acids is 2. The molecule has 0 saturated carbocycles. The number of fused-ring (bicyclic) bond motifs is 1. The number of hydrogen-bond donors (Lipinski definition) is 1. The number of benzene rings is 3. The molecule has 7 nitrogen and oxygen atoms in total. The maximum atomic E-state index is 14.1. The van der Waals surface area contributed by atoms with Gasteiger partial charge in [0.05, 0.1) is 5.52 Å². The Hall–Kier alpha value is -4.00. The van der Waals surface area contributed by atoms with E-state index in [1.807, 2.05) is 87.5 Å². The Morgan fingerprint density at radius 2 is 1.65 bits per heavy atom. The van der Waals surface area contributed by atoms with Crippen LogP contribution in [-0.2, 0) is 16.1 Å². The summed E-state index contributed by atoms with van der Waals surface area (Å²) in [5.74, 6) is 0.00613. The molecular formula is C30H35N5O2. The number of rotatable bonds is 9. The molecule has 0 radical (unpaired) electrons. The molecule has 192 valence electrons. The van der Waals surface area contributed by atoms with E-state index < -0.39 is 6.04 Å². The Morgan fingerprint density at radius 3 is 2.38 bits per heavy atom. The smallest absolute Gasteiger partial charge is 0.249 e. The van der Waals surface area contributed by atoms with Crippen LogP contribution in [0.15, 0.2) is 66.7 Å². The van der Waals surface area contributed by atoms with E-state index in [0.29, 0.717) is 18.2 Å². The molecule has 0 saturated heterocycles. The van der Waals surface area contributed by atoms with Gasteiger partial charge in [-0.3, -0.25) is 14.5 Å². The summed E-state index contributed by atoms with van der Waals surface area (Å²) < 4.78 is 1.60. The summed E-state index contributed by atoms with van der Waals surface area (Å²) in [6.45, 7) is 10.7. The molecule has 0 unspecified atom stereocenters. The van der Waals surface area contributed by atoms with Crippen LogP contribution in [0.1, 0.15) is 48.6 Å². The third kappa shape index (κ3) is 6.05. The van der Waals surface area contributed by atoms with Crippen LogP contribution >= 0.6 is 0 Å². The molecule has 1 aromatic heterocycles. The Kier molecular flexibility index (Phi) is 8.01. The normalized spacial score (nSPS) is 12.1. The number of aromatic nitrogens is 3. The monoisotopic (exact) mass is 497 g/mol. The molecule has 4 aromatic rings. The molecule has 4 rings (SSSR count). The van der Waals surface area contributed by atoms with Gasteiger partial charge in [-0.25, -0.2) is 4.68 Å². The minimum absolute atomic E-state index is 0.0461. The highest BCUT2D eigenvalue weighted by molar-refractivity contribution is 6.02. The highest BCUT2D eigenvalue weighted by Gasteiger charge is 2.34. The summed E-state index contributed by atoms with van der Waals surface area (Å²) in [6, 6.07) is 20.5. The summed E-state index contributed by atoms with van der Waals surface area (Å²) >= 11 is 0. The van der Waals surface area contributed by atoms with Crippen molar-refractivity contribution >= 4 is 28.5 Å². The van der Waals surface area contributed by atoms with E-state index >= 15 is 0 Å². The highest BCUT2D eigenvalue weighted by atomic mass is 16.2. The van der Waals surface area contributed by atoms with Crippen LogP contribution in [0.4, 0.5) is 5.69 Å². The number of amides is 2. The highest BCUT2D eigenvalue weighted by Crippen LogP contribution is 2.32. The number of carbonyl (C=O) groups is 2. The predicted molar refractivity (Wildman–Crippen MR) is 147 cm³/mol. The number of nitrogens with zero attached hydrogens (tertiary/aromatic N) is 4. The van der Waals surface area contributed by atoms with Gasteiger partial charge in [0.15, 0.2) is 0 Å². The van der Waals surface area contributed by atoms with Gasteiger partial charge in [-0.1, -0.05) is 73.2 Å². The van der Waals surface area contributed by atoms with Gasteiger partial charge in [-0.05, 0) is 68.0 Å². The topological polar surface area (TPSA) is 80.1 Å². The van der Waals surface area contributed by atoms with Gasteiger partial charge < -0.3 is 5.32 Å². The summed E-state index contributed by atoms with van der Waals surface area (Å²) in [5, 5.41) is 11.5. The van der Waals surface area contributed by atoms with Gasteiger partial charge in [-0.2, -0.15) is 0 Å². The van der Waals surface area contributed by atoms with Gasteiger partial charge in [-0.15, -0.1) is 5.10 Å². The molecular weight excluding hydrogens is 462 g/mol. The molecule has 0 fully saturated rings. The van der Waals surface area contributed by atoms with E-state index in [1.54, 1.807) is 9.58 Å². The van der Waals surface area contributed by atoms with Crippen LogP contribution in [-0.4, -0.2) is 33.4 Å². The first-order valence-corrected chi connectivity index (χ1v) is 12.8. The standard InChI is InChI=1S/C30H35N5O2/c1-20(2)16-17-31-30(37)29(24-14-11-21(3)12-15-24)35(27-18-22(4)10-13-23(27)5)28(36)19-34-26-9-7-6-8-25(26)32-33-34/h6-15,18,20,29H,16-17,19H2,1-5H3,(H,31,37)/t29-/m1/s1. The maximum Gasteiger partial charge on any atom is 0.249 e. The van der Waals surface area contributed by atoms with Crippen LogP contribution in [0.2, 0.25) is 0 Å². The summed E-state index contributed by atoms with van der Waals surface area (Å²) in [4.78, 5) is 29.6. The Labute approximate surface area is 218 Å². The van der Waals surface area contributed by atoms with Crippen molar-refractivity contribution in [1.29, 1.82) is 0 Å². The predicted octanol–water partition coefficient (Wildman–Crippen LogP) is 5.29. The number of aryl methyl sites for hydroxylation is 3. The molecule has 0 aliphatic rings. The van der Waals surface area contributed by atoms with E-state index in [2.05, 4.69) is 29.5 Å². The third-order valence-corrected chi connectivity index (χ3v) is 6.52. The first-order valence-electron chi connectivity index (χ1n) is 12.8. The second-order valence-corrected chi connectivity index (χ2v) is 10.1. The zero-order valence-corrected chi connectivity index (χ0v) is 22.2. The van der Waals surface area contributed by atoms with Crippen molar-refractivity contribution in [1.82, 2.24) is 20.3 Å². The summed E-state index contributed by atoms with van der Waals surface area (Å²) in [5.41, 5.74) is 5.95. The summed E-state index contributed by atoms with van der Waals surface area (Å²) in [6.07, 6.45) is 0.856. The number of nitrogens with one attached hydrogen (secondary N) is 1. The molecule has 0 aliphatic heterocycles. The minimum atomic E-state index is -0.837. The van der Waals surface area contributed by atoms with Crippen molar-refractivity contribution in [3.8, 4) is 0 Å². The van der Waals surface area contributed by atoms with Crippen LogP contribution in [0.25, 0.3) is 11.0 Å². The van der Waals surface area contributed by atoms with Crippen molar-refractivity contribution in [3.63, 3.8) is 0 Å². The van der Waals surface area contributed by atoms with Crippen molar-refractivity contribution in [2.45, 2.75) is 53.6 Å². The number of para-hydroxylation sites is 1. The van der Waals surface area contributed by atoms with E-state index in [9.17, 15) is 9.59 Å². The molecule has 37 heavy (non-hydrogen) atoms. The lowest BCUT2D eigenvalue weighted by atomic mass is 9.99. The molecule has 2 amide bonds. The quantitative estimate of drug-likeness (QED) is 0.341. The van der Waals surface area contributed by atoms with Crippen LogP contribution in [0, 0.1) is 26.7 Å². The molecule has 0 spiro atoms. The van der Waals surface area contributed by atoms with Crippen LogP contribution in [0.5, 0.6) is 0 Å². The number of hydrogen-bond acceptors (Lipinski definition) is 4. The zero-order valence-electron chi connectivity index (χ0n) is 22.2.